The number of oxazole rings is 1. The van der Waals surface area contributed by atoms with Gasteiger partial charge in [-0.2, -0.15) is 0 Å². The lowest BCUT2D eigenvalue weighted by Crippen LogP contribution is -2.30. The number of hydrogen-bond acceptors (Lipinski definition) is 7. The van der Waals surface area contributed by atoms with Gasteiger partial charge < -0.3 is 19.0 Å². The Bertz CT molecular complexity index is 999. The number of amides is 1. The molecule has 0 fully saturated rings. The van der Waals surface area contributed by atoms with Gasteiger partial charge >= 0.3 is 11.7 Å². The number of benzene rings is 1. The van der Waals surface area contributed by atoms with Crippen molar-refractivity contribution < 1.29 is 23.3 Å². The summed E-state index contributed by atoms with van der Waals surface area (Å²) in [5.74, 6) is -0.903. The van der Waals surface area contributed by atoms with E-state index in [2.05, 4.69) is 10.5 Å². The number of nitrogens with one attached hydrogen (secondary N) is 1. The molecular formula is C17H17N3O6. The van der Waals surface area contributed by atoms with Crippen molar-refractivity contribution in [2.24, 2.45) is 0 Å². The van der Waals surface area contributed by atoms with Crippen molar-refractivity contribution in [2.45, 2.75) is 32.9 Å². The van der Waals surface area contributed by atoms with Crippen LogP contribution in [0.3, 0.4) is 0 Å². The van der Waals surface area contributed by atoms with Crippen LogP contribution < -0.4 is 11.1 Å². The Kier molecular flexibility index (Phi) is 4.87. The summed E-state index contributed by atoms with van der Waals surface area (Å²) in [6, 6.07) is 8.46. The van der Waals surface area contributed by atoms with Gasteiger partial charge in [-0.05, 0) is 26.0 Å². The Balaban J connectivity index is 1.55. The molecule has 0 saturated heterocycles. The highest BCUT2D eigenvalue weighted by Gasteiger charge is 2.19. The zero-order valence-corrected chi connectivity index (χ0v) is 14.2. The van der Waals surface area contributed by atoms with Gasteiger partial charge in [0, 0.05) is 12.6 Å². The topological polar surface area (TPSA) is 117 Å². The van der Waals surface area contributed by atoms with Gasteiger partial charge in [0.15, 0.2) is 17.5 Å². The average molecular weight is 359 g/mol. The van der Waals surface area contributed by atoms with Crippen molar-refractivity contribution in [2.75, 3.05) is 5.32 Å². The minimum atomic E-state index is -1.02. The molecule has 0 aliphatic carbocycles. The number of fused-ring (bicyclic) bond motifs is 1. The van der Waals surface area contributed by atoms with Crippen LogP contribution in [0.4, 0.5) is 5.82 Å². The number of carbonyl (C=O) groups is 2. The number of esters is 1. The molecule has 3 aromatic rings. The molecule has 2 heterocycles. The predicted octanol–water partition coefficient (Wildman–Crippen LogP) is 1.85. The van der Waals surface area contributed by atoms with E-state index < -0.39 is 23.7 Å². The van der Waals surface area contributed by atoms with Crippen LogP contribution in [0, 0.1) is 6.92 Å². The van der Waals surface area contributed by atoms with E-state index in [0.29, 0.717) is 16.9 Å². The van der Waals surface area contributed by atoms with Crippen LogP contribution >= 0.6 is 0 Å². The fourth-order valence-electron chi connectivity index (χ4n) is 2.39. The highest BCUT2D eigenvalue weighted by atomic mass is 16.5. The molecule has 1 atom stereocenters. The molecule has 0 saturated carbocycles. The third-order valence-electron chi connectivity index (χ3n) is 3.67. The average Bonchev–Trinajstić information content (AvgIpc) is 3.15. The molecule has 2 aromatic heterocycles. The van der Waals surface area contributed by atoms with Crippen LogP contribution in [0.15, 0.2) is 44.1 Å². The third-order valence-corrected chi connectivity index (χ3v) is 3.67. The number of ether oxygens (including phenoxy) is 1. The maximum absolute atomic E-state index is 12.0. The minimum Gasteiger partial charge on any atom is -0.452 e. The first-order valence-electron chi connectivity index (χ1n) is 7.96. The van der Waals surface area contributed by atoms with Gasteiger partial charge in [0.2, 0.25) is 0 Å². The van der Waals surface area contributed by atoms with E-state index in [1.54, 1.807) is 37.3 Å². The van der Waals surface area contributed by atoms with Crippen LogP contribution in [0.1, 0.15) is 19.1 Å². The Morgan fingerprint density at radius 2 is 2.12 bits per heavy atom. The van der Waals surface area contributed by atoms with Gasteiger partial charge in [-0.25, -0.2) is 4.79 Å². The Hall–Kier alpha value is -3.36. The molecule has 0 radical (unpaired) electrons. The van der Waals surface area contributed by atoms with E-state index in [1.165, 1.54) is 11.5 Å². The molecule has 26 heavy (non-hydrogen) atoms. The molecule has 0 unspecified atom stereocenters. The second-order valence-corrected chi connectivity index (χ2v) is 5.68. The van der Waals surface area contributed by atoms with Crippen molar-refractivity contribution in [3.05, 3.63) is 46.6 Å². The third kappa shape index (κ3) is 3.82. The number of carbonyl (C=O) groups excluding carboxylic acids is 2. The first-order valence-corrected chi connectivity index (χ1v) is 7.96. The van der Waals surface area contributed by atoms with Crippen molar-refractivity contribution in [3.63, 3.8) is 0 Å². The highest BCUT2D eigenvalue weighted by Crippen LogP contribution is 2.12. The van der Waals surface area contributed by atoms with Gasteiger partial charge in [-0.3, -0.25) is 14.2 Å². The summed E-state index contributed by atoms with van der Waals surface area (Å²) in [6.45, 7) is 3.22. The number of anilines is 1. The van der Waals surface area contributed by atoms with Crippen LogP contribution in [0.5, 0.6) is 0 Å². The molecule has 0 spiro atoms. The molecule has 0 aliphatic rings. The lowest BCUT2D eigenvalue weighted by molar-refractivity contribution is -0.153. The van der Waals surface area contributed by atoms with E-state index in [1.807, 2.05) is 0 Å². The molecule has 9 nitrogen and oxygen atoms in total. The van der Waals surface area contributed by atoms with Crippen LogP contribution in [-0.2, 0) is 20.9 Å². The van der Waals surface area contributed by atoms with E-state index in [9.17, 15) is 14.4 Å². The summed E-state index contributed by atoms with van der Waals surface area (Å²) in [4.78, 5) is 35.8. The monoisotopic (exact) mass is 359 g/mol. The van der Waals surface area contributed by atoms with E-state index >= 15 is 0 Å². The Morgan fingerprint density at radius 3 is 2.85 bits per heavy atom. The standard InChI is InChI=1S/C17H17N3O6/c1-10-9-14(19-26-10)18-16(22)11(2)24-15(21)7-8-20-12-5-3-4-6-13(12)25-17(20)23/h3-6,9,11H,7-8H2,1-2H3,(H,18,19,22)/t11-/m1/s1. The van der Waals surface area contributed by atoms with Gasteiger partial charge in [0.1, 0.15) is 5.76 Å². The Morgan fingerprint density at radius 1 is 1.35 bits per heavy atom. The zero-order chi connectivity index (χ0) is 18.7. The smallest absolute Gasteiger partial charge is 0.419 e. The van der Waals surface area contributed by atoms with Crippen LogP contribution in [-0.4, -0.2) is 27.7 Å². The normalized spacial score (nSPS) is 12.1. The van der Waals surface area contributed by atoms with Crippen molar-refractivity contribution in [1.82, 2.24) is 9.72 Å². The SMILES string of the molecule is Cc1cc(NC(=O)[C@@H](C)OC(=O)CCn2c(=O)oc3ccccc32)no1. The van der Waals surface area contributed by atoms with E-state index in [4.69, 9.17) is 13.7 Å². The number of para-hydroxylation sites is 2. The van der Waals surface area contributed by atoms with Crippen molar-refractivity contribution in [1.29, 1.82) is 0 Å². The summed E-state index contributed by atoms with van der Waals surface area (Å²) in [6.07, 6.45) is -1.10. The summed E-state index contributed by atoms with van der Waals surface area (Å²) < 4.78 is 16.4. The molecule has 1 amide bonds. The van der Waals surface area contributed by atoms with Crippen LogP contribution in [0.25, 0.3) is 11.1 Å². The summed E-state index contributed by atoms with van der Waals surface area (Å²) >= 11 is 0. The maximum Gasteiger partial charge on any atom is 0.419 e. The molecule has 1 N–H and O–H groups in total. The minimum absolute atomic E-state index is 0.0792. The van der Waals surface area contributed by atoms with Crippen LogP contribution in [0.2, 0.25) is 0 Å². The number of hydrogen-bond donors (Lipinski definition) is 1. The zero-order valence-electron chi connectivity index (χ0n) is 14.2. The van der Waals surface area contributed by atoms with Gasteiger partial charge in [-0.1, -0.05) is 17.3 Å². The lowest BCUT2D eigenvalue weighted by atomic mass is 10.3. The molecule has 1 aromatic carbocycles. The maximum atomic E-state index is 12.0. The quantitative estimate of drug-likeness (QED) is 0.668. The first-order chi connectivity index (χ1) is 12.4. The van der Waals surface area contributed by atoms with E-state index in [-0.39, 0.29) is 18.8 Å². The summed E-state index contributed by atoms with van der Waals surface area (Å²) in [7, 11) is 0. The van der Waals surface area contributed by atoms with Crippen molar-refractivity contribution in [3.8, 4) is 0 Å². The number of aromatic nitrogens is 2. The van der Waals surface area contributed by atoms with Gasteiger partial charge in [0.05, 0.1) is 11.9 Å². The van der Waals surface area contributed by atoms with Gasteiger partial charge in [-0.15, -0.1) is 0 Å². The first kappa shape index (κ1) is 17.5. The molecule has 9 heteroatoms. The fraction of sp³-hybridized carbons (Fsp3) is 0.294. The summed E-state index contributed by atoms with van der Waals surface area (Å²) in [5.41, 5.74) is 1.04. The summed E-state index contributed by atoms with van der Waals surface area (Å²) in [5, 5.41) is 6.11. The molecule has 0 bridgehead atoms. The lowest BCUT2D eigenvalue weighted by Gasteiger charge is -2.12. The second kappa shape index (κ2) is 7.26. The number of rotatable bonds is 6. The fourth-order valence-corrected chi connectivity index (χ4v) is 2.39. The van der Waals surface area contributed by atoms with Gasteiger partial charge in [0.25, 0.3) is 5.91 Å². The molecular weight excluding hydrogens is 342 g/mol. The molecule has 3 rings (SSSR count). The Labute approximate surface area is 147 Å². The number of nitrogens with zero attached hydrogens (tertiary/aromatic N) is 2. The van der Waals surface area contributed by atoms with E-state index in [0.717, 1.165) is 0 Å². The highest BCUT2D eigenvalue weighted by molar-refractivity contribution is 5.94. The van der Waals surface area contributed by atoms with Crippen molar-refractivity contribution >= 4 is 28.8 Å². The molecule has 0 aliphatic heterocycles. The second-order valence-electron chi connectivity index (χ2n) is 5.68. The number of aryl methyl sites for hydroxylation is 2. The molecule has 136 valence electrons. The largest absolute Gasteiger partial charge is 0.452 e. The predicted molar refractivity (Wildman–Crippen MR) is 90.5 cm³/mol.